The number of rotatable bonds is 2. The van der Waals surface area contributed by atoms with Crippen molar-refractivity contribution in [3.8, 4) is 0 Å². The summed E-state index contributed by atoms with van der Waals surface area (Å²) in [4.78, 5) is 24.7. The van der Waals surface area contributed by atoms with Gasteiger partial charge in [-0.3, -0.25) is 14.3 Å². The molecule has 0 saturated heterocycles. The minimum Gasteiger partial charge on any atom is -0.330 e. The summed E-state index contributed by atoms with van der Waals surface area (Å²) in [5, 5.41) is 0. The van der Waals surface area contributed by atoms with Gasteiger partial charge in [-0.15, -0.1) is 0 Å². The summed E-state index contributed by atoms with van der Waals surface area (Å²) in [5.41, 5.74) is 4.93. The molecule has 3 N–H and O–H groups in total. The number of hydrogen-bond donors (Lipinski definition) is 2. The molecule has 1 aliphatic rings. The van der Waals surface area contributed by atoms with Gasteiger partial charge in [0, 0.05) is 18.3 Å². The maximum atomic E-state index is 11.5. The predicted molar refractivity (Wildman–Crippen MR) is 56.8 cm³/mol. The van der Waals surface area contributed by atoms with Crippen LogP contribution in [0.15, 0.2) is 21.9 Å². The van der Waals surface area contributed by atoms with Crippen molar-refractivity contribution in [3.05, 3.63) is 33.1 Å². The zero-order valence-electron chi connectivity index (χ0n) is 8.48. The molecule has 82 valence electrons. The number of nitrogens with zero attached hydrogens (tertiary/aromatic N) is 1. The van der Waals surface area contributed by atoms with Gasteiger partial charge in [0.15, 0.2) is 0 Å². The van der Waals surface area contributed by atoms with Gasteiger partial charge in [0.05, 0.1) is 0 Å². The molecule has 5 heteroatoms. The van der Waals surface area contributed by atoms with Crippen LogP contribution in [-0.2, 0) is 0 Å². The molecule has 1 aromatic heterocycles. The van der Waals surface area contributed by atoms with Crippen molar-refractivity contribution in [1.29, 1.82) is 0 Å². The second-order valence-corrected chi connectivity index (χ2v) is 4.09. The molecule has 2 unspecified atom stereocenters. The molecule has 0 aromatic carbocycles. The number of aromatic nitrogens is 2. The first-order valence-electron chi connectivity index (χ1n) is 5.22. The molecule has 1 fully saturated rings. The van der Waals surface area contributed by atoms with Gasteiger partial charge in [-0.25, -0.2) is 4.79 Å². The first kappa shape index (κ1) is 10.2. The highest BCUT2D eigenvalue weighted by molar-refractivity contribution is 4.89. The third-order valence-corrected chi connectivity index (χ3v) is 3.09. The van der Waals surface area contributed by atoms with Crippen molar-refractivity contribution in [2.45, 2.75) is 25.3 Å². The highest BCUT2D eigenvalue weighted by Crippen LogP contribution is 2.32. The Morgan fingerprint density at radius 2 is 2.27 bits per heavy atom. The molecular weight excluding hydrogens is 194 g/mol. The zero-order chi connectivity index (χ0) is 10.8. The van der Waals surface area contributed by atoms with Crippen LogP contribution in [0.1, 0.15) is 25.3 Å². The minimum absolute atomic E-state index is 0.197. The summed E-state index contributed by atoms with van der Waals surface area (Å²) >= 11 is 0. The first-order chi connectivity index (χ1) is 7.20. The summed E-state index contributed by atoms with van der Waals surface area (Å²) in [6.07, 6.45) is 4.54. The van der Waals surface area contributed by atoms with Crippen LogP contribution in [0, 0.1) is 5.92 Å². The van der Waals surface area contributed by atoms with Crippen LogP contribution in [0.2, 0.25) is 0 Å². The average molecular weight is 209 g/mol. The van der Waals surface area contributed by atoms with E-state index in [4.69, 9.17) is 5.73 Å². The Morgan fingerprint density at radius 3 is 2.87 bits per heavy atom. The maximum Gasteiger partial charge on any atom is 0.328 e. The van der Waals surface area contributed by atoms with E-state index in [0.29, 0.717) is 12.5 Å². The van der Waals surface area contributed by atoms with Gasteiger partial charge in [0.2, 0.25) is 0 Å². The molecule has 1 aliphatic carbocycles. The van der Waals surface area contributed by atoms with Gasteiger partial charge in [-0.1, -0.05) is 0 Å². The van der Waals surface area contributed by atoms with Crippen LogP contribution in [-0.4, -0.2) is 16.1 Å². The Hall–Kier alpha value is -1.36. The van der Waals surface area contributed by atoms with Crippen molar-refractivity contribution in [1.82, 2.24) is 9.55 Å². The number of hydrogen-bond acceptors (Lipinski definition) is 3. The molecule has 1 aromatic rings. The Morgan fingerprint density at radius 1 is 1.47 bits per heavy atom. The van der Waals surface area contributed by atoms with Gasteiger partial charge < -0.3 is 5.73 Å². The smallest absolute Gasteiger partial charge is 0.328 e. The normalized spacial score (nSPS) is 25.7. The van der Waals surface area contributed by atoms with Gasteiger partial charge in [-0.05, 0) is 31.7 Å². The summed E-state index contributed by atoms with van der Waals surface area (Å²) in [7, 11) is 0. The van der Waals surface area contributed by atoms with Crippen molar-refractivity contribution in [2.24, 2.45) is 11.7 Å². The Labute approximate surface area is 86.9 Å². The molecular formula is C10H15N3O2. The molecule has 0 aliphatic heterocycles. The van der Waals surface area contributed by atoms with Crippen molar-refractivity contribution in [2.75, 3.05) is 6.54 Å². The van der Waals surface area contributed by atoms with Gasteiger partial charge in [0.25, 0.3) is 5.56 Å². The number of nitrogens with two attached hydrogens (primary N) is 1. The van der Waals surface area contributed by atoms with Crippen LogP contribution in [0.25, 0.3) is 0 Å². The topological polar surface area (TPSA) is 80.9 Å². The SMILES string of the molecule is NCC1CCC(n2ccc(=O)[nH]c2=O)C1. The van der Waals surface area contributed by atoms with Crippen molar-refractivity contribution in [3.63, 3.8) is 0 Å². The Bertz CT molecular complexity index is 448. The molecule has 0 amide bonds. The van der Waals surface area contributed by atoms with Crippen LogP contribution < -0.4 is 17.0 Å². The second kappa shape index (κ2) is 4.02. The van der Waals surface area contributed by atoms with Crippen LogP contribution >= 0.6 is 0 Å². The van der Waals surface area contributed by atoms with E-state index < -0.39 is 0 Å². The van der Waals surface area contributed by atoms with Gasteiger partial charge >= 0.3 is 5.69 Å². The fourth-order valence-electron chi connectivity index (χ4n) is 2.23. The molecule has 5 nitrogen and oxygen atoms in total. The lowest BCUT2D eigenvalue weighted by atomic mass is 10.1. The molecule has 0 bridgehead atoms. The van der Waals surface area contributed by atoms with Crippen LogP contribution in [0.4, 0.5) is 0 Å². The summed E-state index contributed by atoms with van der Waals surface area (Å²) < 4.78 is 1.61. The van der Waals surface area contributed by atoms with E-state index >= 15 is 0 Å². The zero-order valence-corrected chi connectivity index (χ0v) is 8.48. The molecule has 0 radical (unpaired) electrons. The van der Waals surface area contributed by atoms with Crippen molar-refractivity contribution >= 4 is 0 Å². The third kappa shape index (κ3) is 2.02. The van der Waals surface area contributed by atoms with Crippen LogP contribution in [0.3, 0.4) is 0 Å². The molecule has 1 saturated carbocycles. The monoisotopic (exact) mass is 209 g/mol. The molecule has 2 rings (SSSR count). The van der Waals surface area contributed by atoms with E-state index in [1.54, 1.807) is 10.8 Å². The Balaban J connectivity index is 2.24. The standard InChI is InChI=1S/C10H15N3O2/c11-6-7-1-2-8(5-7)13-4-3-9(14)12-10(13)15/h3-4,7-8H,1-2,5-6,11H2,(H,12,14,15). The van der Waals surface area contributed by atoms with Crippen molar-refractivity contribution < 1.29 is 0 Å². The number of H-pyrrole nitrogens is 1. The maximum absolute atomic E-state index is 11.5. The Kier molecular flexibility index (Phi) is 2.73. The van der Waals surface area contributed by atoms with Gasteiger partial charge in [-0.2, -0.15) is 0 Å². The van der Waals surface area contributed by atoms with E-state index in [1.807, 2.05) is 0 Å². The quantitative estimate of drug-likeness (QED) is 0.710. The fourth-order valence-corrected chi connectivity index (χ4v) is 2.23. The van der Waals surface area contributed by atoms with E-state index in [2.05, 4.69) is 4.98 Å². The van der Waals surface area contributed by atoms with E-state index in [0.717, 1.165) is 19.3 Å². The van der Waals surface area contributed by atoms with E-state index in [1.165, 1.54) is 6.07 Å². The molecule has 0 spiro atoms. The molecule has 1 heterocycles. The number of nitrogens with one attached hydrogen (secondary N) is 1. The lowest BCUT2D eigenvalue weighted by Crippen LogP contribution is -2.30. The number of aromatic amines is 1. The minimum atomic E-state index is -0.343. The molecule has 15 heavy (non-hydrogen) atoms. The van der Waals surface area contributed by atoms with Gasteiger partial charge in [0.1, 0.15) is 0 Å². The largest absolute Gasteiger partial charge is 0.330 e. The lowest BCUT2D eigenvalue weighted by Gasteiger charge is -2.12. The highest BCUT2D eigenvalue weighted by atomic mass is 16.2. The fraction of sp³-hybridized carbons (Fsp3) is 0.600. The van der Waals surface area contributed by atoms with Crippen LogP contribution in [0.5, 0.6) is 0 Å². The predicted octanol–water partition coefficient (Wildman–Crippen LogP) is -0.163. The summed E-state index contributed by atoms with van der Waals surface area (Å²) in [6.45, 7) is 0.675. The summed E-state index contributed by atoms with van der Waals surface area (Å²) in [5.74, 6) is 0.508. The highest BCUT2D eigenvalue weighted by Gasteiger charge is 2.25. The van der Waals surface area contributed by atoms with E-state index in [-0.39, 0.29) is 17.3 Å². The first-order valence-corrected chi connectivity index (χ1v) is 5.22. The third-order valence-electron chi connectivity index (χ3n) is 3.09. The summed E-state index contributed by atoms with van der Waals surface area (Å²) in [6, 6.07) is 1.58. The second-order valence-electron chi connectivity index (χ2n) is 4.09. The lowest BCUT2D eigenvalue weighted by molar-refractivity contribution is 0.462. The molecule has 2 atom stereocenters. The average Bonchev–Trinajstić information content (AvgIpc) is 2.66. The van der Waals surface area contributed by atoms with E-state index in [9.17, 15) is 9.59 Å².